The molecule has 0 fully saturated rings. The molecule has 3 nitrogen and oxygen atoms in total. The summed E-state index contributed by atoms with van der Waals surface area (Å²) < 4.78 is 5.13. The average Bonchev–Trinajstić information content (AvgIpc) is 2.39. The van der Waals surface area contributed by atoms with Crippen LogP contribution in [0.25, 0.3) is 11.1 Å². The second-order valence-electron chi connectivity index (χ2n) is 3.69. The minimum atomic E-state index is -0.0612. The van der Waals surface area contributed by atoms with Gasteiger partial charge in [0.25, 0.3) is 0 Å². The van der Waals surface area contributed by atoms with E-state index in [-0.39, 0.29) is 11.3 Å². The Morgan fingerprint density at radius 2 is 2.00 bits per heavy atom. The van der Waals surface area contributed by atoms with Crippen LogP contribution in [-0.2, 0) is 0 Å². The molecule has 0 radical (unpaired) electrons. The number of ether oxygens (including phenoxy) is 1. The van der Waals surface area contributed by atoms with Crippen molar-refractivity contribution in [2.24, 2.45) is 0 Å². The standard InChI is InChI=1S/C14H10ClNO2/c1-18-11-4-5-13(15)12(7-11)9-2-3-10(8-16)14(17)6-9/h2-7,17H,1H3. The lowest BCUT2D eigenvalue weighted by atomic mass is 10.0. The Balaban J connectivity index is 2.55. The summed E-state index contributed by atoms with van der Waals surface area (Å²) in [5.74, 6) is 0.618. The van der Waals surface area contributed by atoms with Gasteiger partial charge in [0, 0.05) is 10.6 Å². The van der Waals surface area contributed by atoms with Gasteiger partial charge < -0.3 is 9.84 Å². The second kappa shape index (κ2) is 4.99. The molecule has 18 heavy (non-hydrogen) atoms. The van der Waals surface area contributed by atoms with Crippen LogP contribution in [0.3, 0.4) is 0 Å². The van der Waals surface area contributed by atoms with Gasteiger partial charge in [-0.2, -0.15) is 5.26 Å². The Morgan fingerprint density at radius 1 is 1.22 bits per heavy atom. The summed E-state index contributed by atoms with van der Waals surface area (Å²) in [6.07, 6.45) is 0. The third-order valence-electron chi connectivity index (χ3n) is 2.60. The first kappa shape index (κ1) is 12.3. The minimum Gasteiger partial charge on any atom is -0.507 e. The quantitative estimate of drug-likeness (QED) is 0.897. The molecule has 1 N–H and O–H groups in total. The van der Waals surface area contributed by atoms with Gasteiger partial charge in [0.2, 0.25) is 0 Å². The number of benzene rings is 2. The van der Waals surface area contributed by atoms with Crippen molar-refractivity contribution in [3.05, 3.63) is 47.0 Å². The van der Waals surface area contributed by atoms with Crippen molar-refractivity contribution in [2.45, 2.75) is 0 Å². The number of halogens is 1. The number of nitriles is 1. The van der Waals surface area contributed by atoms with Crippen LogP contribution >= 0.6 is 11.6 Å². The first-order valence-electron chi connectivity index (χ1n) is 5.22. The van der Waals surface area contributed by atoms with Crippen molar-refractivity contribution >= 4 is 11.6 Å². The Labute approximate surface area is 110 Å². The van der Waals surface area contributed by atoms with E-state index in [1.165, 1.54) is 6.07 Å². The van der Waals surface area contributed by atoms with E-state index in [0.29, 0.717) is 10.8 Å². The molecular formula is C14H10ClNO2. The molecule has 0 bridgehead atoms. The lowest BCUT2D eigenvalue weighted by Crippen LogP contribution is -1.86. The Hall–Kier alpha value is -2.18. The van der Waals surface area contributed by atoms with E-state index in [1.807, 2.05) is 6.07 Å². The van der Waals surface area contributed by atoms with Crippen LogP contribution in [0, 0.1) is 11.3 Å². The molecule has 90 valence electrons. The van der Waals surface area contributed by atoms with Gasteiger partial charge in [-0.05, 0) is 35.9 Å². The SMILES string of the molecule is COc1ccc(Cl)c(-c2ccc(C#N)c(O)c2)c1. The average molecular weight is 260 g/mol. The van der Waals surface area contributed by atoms with E-state index >= 15 is 0 Å². The molecule has 4 heteroatoms. The normalized spacial score (nSPS) is 9.83. The fraction of sp³-hybridized carbons (Fsp3) is 0.0714. The molecule has 0 heterocycles. The second-order valence-corrected chi connectivity index (χ2v) is 4.10. The van der Waals surface area contributed by atoms with Crippen LogP contribution in [0.2, 0.25) is 5.02 Å². The summed E-state index contributed by atoms with van der Waals surface area (Å²) in [6, 6.07) is 12.0. The van der Waals surface area contributed by atoms with Crippen molar-refractivity contribution in [1.29, 1.82) is 5.26 Å². The fourth-order valence-corrected chi connectivity index (χ4v) is 1.87. The zero-order valence-electron chi connectivity index (χ0n) is 9.64. The van der Waals surface area contributed by atoms with Crippen LogP contribution in [-0.4, -0.2) is 12.2 Å². The third kappa shape index (κ3) is 2.24. The van der Waals surface area contributed by atoms with E-state index in [0.717, 1.165) is 11.1 Å². The van der Waals surface area contributed by atoms with Gasteiger partial charge in [-0.1, -0.05) is 17.7 Å². The van der Waals surface area contributed by atoms with Gasteiger partial charge in [-0.25, -0.2) is 0 Å². The lowest BCUT2D eigenvalue weighted by Gasteiger charge is -2.08. The Kier molecular flexibility index (Phi) is 3.40. The Bertz CT molecular complexity index is 632. The van der Waals surface area contributed by atoms with Crippen LogP contribution in [0.1, 0.15) is 5.56 Å². The van der Waals surface area contributed by atoms with Crippen LogP contribution in [0.5, 0.6) is 11.5 Å². The third-order valence-corrected chi connectivity index (χ3v) is 2.93. The number of aromatic hydroxyl groups is 1. The number of nitrogens with zero attached hydrogens (tertiary/aromatic N) is 1. The van der Waals surface area contributed by atoms with Crippen molar-refractivity contribution in [3.63, 3.8) is 0 Å². The van der Waals surface area contributed by atoms with Gasteiger partial charge in [-0.3, -0.25) is 0 Å². The topological polar surface area (TPSA) is 53.2 Å². The van der Waals surface area contributed by atoms with Crippen molar-refractivity contribution in [1.82, 2.24) is 0 Å². The molecule has 0 saturated carbocycles. The highest BCUT2D eigenvalue weighted by molar-refractivity contribution is 6.33. The smallest absolute Gasteiger partial charge is 0.133 e. The predicted octanol–water partition coefficient (Wildman–Crippen LogP) is 3.59. The van der Waals surface area contributed by atoms with E-state index in [9.17, 15) is 5.11 Å². The predicted molar refractivity (Wildman–Crippen MR) is 69.8 cm³/mol. The Morgan fingerprint density at radius 3 is 2.61 bits per heavy atom. The van der Waals surface area contributed by atoms with Crippen LogP contribution in [0.4, 0.5) is 0 Å². The molecule has 0 aliphatic heterocycles. The summed E-state index contributed by atoms with van der Waals surface area (Å²) in [6.45, 7) is 0. The summed E-state index contributed by atoms with van der Waals surface area (Å²) in [5, 5.41) is 19.0. The maximum atomic E-state index is 9.67. The summed E-state index contributed by atoms with van der Waals surface area (Å²) in [5.41, 5.74) is 1.71. The molecule has 0 saturated heterocycles. The van der Waals surface area contributed by atoms with Crippen molar-refractivity contribution in [3.8, 4) is 28.7 Å². The number of methoxy groups -OCH3 is 1. The van der Waals surface area contributed by atoms with Crippen LogP contribution < -0.4 is 4.74 Å². The summed E-state index contributed by atoms with van der Waals surface area (Å²) in [4.78, 5) is 0. The first-order valence-corrected chi connectivity index (χ1v) is 5.60. The fourth-order valence-electron chi connectivity index (χ4n) is 1.65. The highest BCUT2D eigenvalue weighted by Crippen LogP contribution is 2.33. The van der Waals surface area contributed by atoms with E-state index in [4.69, 9.17) is 21.6 Å². The summed E-state index contributed by atoms with van der Waals surface area (Å²) in [7, 11) is 1.57. The maximum Gasteiger partial charge on any atom is 0.133 e. The van der Waals surface area contributed by atoms with Crippen LogP contribution in [0.15, 0.2) is 36.4 Å². The van der Waals surface area contributed by atoms with Gasteiger partial charge in [-0.15, -0.1) is 0 Å². The van der Waals surface area contributed by atoms with Gasteiger partial charge in [0.05, 0.1) is 12.7 Å². The molecule has 0 aliphatic rings. The zero-order valence-corrected chi connectivity index (χ0v) is 10.4. The van der Waals surface area contributed by atoms with E-state index in [1.54, 1.807) is 37.4 Å². The first-order chi connectivity index (χ1) is 8.65. The highest BCUT2D eigenvalue weighted by Gasteiger charge is 2.08. The highest BCUT2D eigenvalue weighted by atomic mass is 35.5. The largest absolute Gasteiger partial charge is 0.507 e. The van der Waals surface area contributed by atoms with Gasteiger partial charge in [0.1, 0.15) is 17.6 Å². The zero-order chi connectivity index (χ0) is 13.1. The van der Waals surface area contributed by atoms with Crippen molar-refractivity contribution < 1.29 is 9.84 Å². The molecule has 0 atom stereocenters. The van der Waals surface area contributed by atoms with Crippen molar-refractivity contribution in [2.75, 3.05) is 7.11 Å². The molecule has 0 aliphatic carbocycles. The monoisotopic (exact) mass is 259 g/mol. The molecule has 2 rings (SSSR count). The molecule has 0 aromatic heterocycles. The number of phenols is 1. The lowest BCUT2D eigenvalue weighted by molar-refractivity contribution is 0.415. The van der Waals surface area contributed by atoms with E-state index in [2.05, 4.69) is 0 Å². The number of rotatable bonds is 2. The van der Waals surface area contributed by atoms with Gasteiger partial charge >= 0.3 is 0 Å². The van der Waals surface area contributed by atoms with Gasteiger partial charge in [0.15, 0.2) is 0 Å². The molecule has 2 aromatic rings. The number of phenolic OH excluding ortho intramolecular Hbond substituents is 1. The summed E-state index contributed by atoms with van der Waals surface area (Å²) >= 11 is 6.11. The molecule has 0 amide bonds. The van der Waals surface area contributed by atoms with E-state index < -0.39 is 0 Å². The molecular weight excluding hydrogens is 250 g/mol. The minimum absolute atomic E-state index is 0.0612. The molecule has 0 unspecified atom stereocenters. The molecule has 2 aromatic carbocycles. The molecule has 0 spiro atoms. The number of hydrogen-bond acceptors (Lipinski definition) is 3. The number of hydrogen-bond donors (Lipinski definition) is 1. The maximum absolute atomic E-state index is 9.67.